The predicted octanol–water partition coefficient (Wildman–Crippen LogP) is 4.73. The van der Waals surface area contributed by atoms with Gasteiger partial charge in [0.25, 0.3) is 0 Å². The molecule has 0 saturated carbocycles. The van der Waals surface area contributed by atoms with Crippen molar-refractivity contribution >= 4 is 42.4 Å². The fourth-order valence-corrected chi connectivity index (χ4v) is 3.91. The molecule has 0 heterocycles. The van der Waals surface area contributed by atoms with E-state index in [9.17, 15) is 8.42 Å². The molecular weight excluding hydrogens is 360 g/mol. The molecule has 0 bridgehead atoms. The molecule has 0 spiro atoms. The summed E-state index contributed by atoms with van der Waals surface area (Å²) in [6.07, 6.45) is 0. The Morgan fingerprint density at radius 2 is 1.55 bits per heavy atom. The average Bonchev–Trinajstić information content (AvgIpc) is 2.47. The fourth-order valence-electron chi connectivity index (χ4n) is 1.64. The number of rotatable bonds is 3. The molecule has 2 rings (SSSR count). The van der Waals surface area contributed by atoms with E-state index in [1.807, 2.05) is 13.0 Å². The summed E-state index contributed by atoms with van der Waals surface area (Å²) in [6.45, 7) is 1.90. The molecule has 5 heteroatoms. The first-order chi connectivity index (χ1) is 9.43. The Morgan fingerprint density at radius 1 is 1.00 bits per heavy atom. The van der Waals surface area contributed by atoms with Gasteiger partial charge in [-0.05, 0) is 40.5 Å². The lowest BCUT2D eigenvalue weighted by molar-refractivity contribution is 0.604. The lowest BCUT2D eigenvalue weighted by Gasteiger charge is -2.07. The summed E-state index contributed by atoms with van der Waals surface area (Å²) < 4.78 is 24.9. The normalized spacial score (nSPS) is 12.9. The van der Waals surface area contributed by atoms with Crippen molar-refractivity contribution in [1.29, 1.82) is 0 Å². The highest BCUT2D eigenvalue weighted by molar-refractivity contribution is 9.13. The SMILES string of the molecule is Cc1ccc(S(=O)(=O)/C(Br)=C(\Cl)c2ccccc2)cc1. The van der Waals surface area contributed by atoms with Gasteiger partial charge in [0, 0.05) is 0 Å². The summed E-state index contributed by atoms with van der Waals surface area (Å²) in [6, 6.07) is 15.6. The summed E-state index contributed by atoms with van der Waals surface area (Å²) in [4.78, 5) is 0.212. The second-order valence-electron chi connectivity index (χ2n) is 4.27. The maximum absolute atomic E-state index is 12.5. The lowest BCUT2D eigenvalue weighted by atomic mass is 10.2. The maximum atomic E-state index is 12.5. The van der Waals surface area contributed by atoms with Crippen molar-refractivity contribution in [3.8, 4) is 0 Å². The molecule has 0 aromatic heterocycles. The van der Waals surface area contributed by atoms with Gasteiger partial charge in [-0.25, -0.2) is 8.42 Å². The quantitative estimate of drug-likeness (QED) is 0.781. The highest BCUT2D eigenvalue weighted by Gasteiger charge is 2.22. The van der Waals surface area contributed by atoms with Crippen LogP contribution in [0.4, 0.5) is 0 Å². The van der Waals surface area contributed by atoms with Gasteiger partial charge in [0.15, 0.2) is 0 Å². The van der Waals surface area contributed by atoms with Crippen molar-refractivity contribution in [3.63, 3.8) is 0 Å². The van der Waals surface area contributed by atoms with Crippen LogP contribution in [0.5, 0.6) is 0 Å². The van der Waals surface area contributed by atoms with Gasteiger partial charge >= 0.3 is 0 Å². The van der Waals surface area contributed by atoms with Gasteiger partial charge in [-0.15, -0.1) is 0 Å². The standard InChI is InChI=1S/C15H12BrClO2S/c1-11-7-9-13(10-8-11)20(18,19)15(16)14(17)12-5-3-2-4-6-12/h2-10H,1H3/b15-14-. The van der Waals surface area contributed by atoms with Crippen molar-refractivity contribution in [2.45, 2.75) is 11.8 Å². The third-order valence-electron chi connectivity index (χ3n) is 2.77. The molecule has 2 aromatic carbocycles. The highest BCUT2D eigenvalue weighted by Crippen LogP contribution is 2.34. The van der Waals surface area contributed by atoms with Crippen molar-refractivity contribution in [1.82, 2.24) is 0 Å². The van der Waals surface area contributed by atoms with Crippen molar-refractivity contribution < 1.29 is 8.42 Å². The lowest BCUT2D eigenvalue weighted by Crippen LogP contribution is -2.01. The van der Waals surface area contributed by atoms with E-state index in [0.717, 1.165) is 5.56 Å². The van der Waals surface area contributed by atoms with Crippen LogP contribution < -0.4 is 0 Å². The van der Waals surface area contributed by atoms with Crippen LogP contribution in [0.2, 0.25) is 0 Å². The summed E-state index contributed by atoms with van der Waals surface area (Å²) in [5.41, 5.74) is 1.65. The van der Waals surface area contributed by atoms with Crippen LogP contribution in [0.3, 0.4) is 0 Å². The zero-order valence-corrected chi connectivity index (χ0v) is 13.8. The van der Waals surface area contributed by atoms with E-state index in [1.54, 1.807) is 48.5 Å². The largest absolute Gasteiger partial charge is 0.218 e. The van der Waals surface area contributed by atoms with Gasteiger partial charge in [-0.2, -0.15) is 0 Å². The molecular formula is C15H12BrClO2S. The molecule has 0 unspecified atom stereocenters. The Kier molecular flexibility index (Phi) is 4.68. The van der Waals surface area contributed by atoms with E-state index in [-0.39, 0.29) is 13.7 Å². The molecule has 0 aliphatic carbocycles. The van der Waals surface area contributed by atoms with E-state index in [1.165, 1.54) is 0 Å². The number of hydrogen-bond acceptors (Lipinski definition) is 2. The van der Waals surface area contributed by atoms with Crippen LogP contribution in [0.1, 0.15) is 11.1 Å². The molecule has 0 fully saturated rings. The molecule has 0 atom stereocenters. The predicted molar refractivity (Wildman–Crippen MR) is 86.5 cm³/mol. The first-order valence-electron chi connectivity index (χ1n) is 5.85. The zero-order valence-electron chi connectivity index (χ0n) is 10.7. The molecule has 20 heavy (non-hydrogen) atoms. The van der Waals surface area contributed by atoms with Crippen molar-refractivity contribution in [2.75, 3.05) is 0 Å². The summed E-state index contributed by atoms with van der Waals surface area (Å²) in [5.74, 6) is 0. The van der Waals surface area contributed by atoms with Crippen LogP contribution in [0.15, 0.2) is 63.3 Å². The minimum absolute atomic E-state index is 0.0262. The fraction of sp³-hybridized carbons (Fsp3) is 0.0667. The average molecular weight is 372 g/mol. The monoisotopic (exact) mass is 370 g/mol. The maximum Gasteiger partial charge on any atom is 0.214 e. The molecule has 0 radical (unpaired) electrons. The van der Waals surface area contributed by atoms with Crippen molar-refractivity contribution in [3.05, 3.63) is 69.5 Å². The van der Waals surface area contributed by atoms with Crippen LogP contribution in [0.25, 0.3) is 5.03 Å². The van der Waals surface area contributed by atoms with Gasteiger partial charge in [0.1, 0.15) is 3.81 Å². The minimum Gasteiger partial charge on any atom is -0.218 e. The van der Waals surface area contributed by atoms with E-state index in [2.05, 4.69) is 15.9 Å². The van der Waals surface area contributed by atoms with Crippen LogP contribution in [-0.4, -0.2) is 8.42 Å². The van der Waals surface area contributed by atoms with Crippen molar-refractivity contribution in [2.24, 2.45) is 0 Å². The molecule has 0 N–H and O–H groups in total. The molecule has 0 aliphatic heterocycles. The van der Waals surface area contributed by atoms with Crippen LogP contribution in [-0.2, 0) is 9.84 Å². The molecule has 2 nitrogen and oxygen atoms in total. The van der Waals surface area contributed by atoms with Gasteiger partial charge in [-0.1, -0.05) is 59.6 Å². The van der Waals surface area contributed by atoms with Crippen LogP contribution in [0, 0.1) is 6.92 Å². The van der Waals surface area contributed by atoms with E-state index in [0.29, 0.717) is 5.56 Å². The smallest absolute Gasteiger partial charge is 0.214 e. The zero-order chi connectivity index (χ0) is 14.8. The molecule has 0 amide bonds. The summed E-state index contributed by atoms with van der Waals surface area (Å²) >= 11 is 9.29. The third-order valence-corrected chi connectivity index (χ3v) is 6.76. The Bertz CT molecular complexity index is 735. The molecule has 0 saturated heterocycles. The van der Waals surface area contributed by atoms with E-state index >= 15 is 0 Å². The van der Waals surface area contributed by atoms with Gasteiger partial charge in [0.2, 0.25) is 9.84 Å². The number of sulfone groups is 1. The summed E-state index contributed by atoms with van der Waals surface area (Å²) in [5, 5.41) is 0.172. The van der Waals surface area contributed by atoms with E-state index in [4.69, 9.17) is 11.6 Å². The first-order valence-corrected chi connectivity index (χ1v) is 8.51. The Morgan fingerprint density at radius 3 is 2.10 bits per heavy atom. The molecule has 104 valence electrons. The Balaban J connectivity index is 2.51. The third kappa shape index (κ3) is 3.14. The Hall–Kier alpha value is -1.10. The number of halogens is 2. The minimum atomic E-state index is -3.64. The first kappa shape index (κ1) is 15.3. The van der Waals surface area contributed by atoms with Crippen LogP contribution >= 0.6 is 27.5 Å². The van der Waals surface area contributed by atoms with E-state index < -0.39 is 9.84 Å². The van der Waals surface area contributed by atoms with Gasteiger partial charge < -0.3 is 0 Å². The highest BCUT2D eigenvalue weighted by atomic mass is 79.9. The topological polar surface area (TPSA) is 34.1 Å². The number of benzene rings is 2. The van der Waals surface area contributed by atoms with Gasteiger partial charge in [-0.3, -0.25) is 0 Å². The molecule has 2 aromatic rings. The number of hydrogen-bond donors (Lipinski definition) is 0. The second-order valence-corrected chi connectivity index (χ2v) is 7.85. The summed E-state index contributed by atoms with van der Waals surface area (Å²) in [7, 11) is -3.64. The van der Waals surface area contributed by atoms with Gasteiger partial charge in [0.05, 0.1) is 9.93 Å². The Labute approximate surface area is 132 Å². The second kappa shape index (κ2) is 6.12. The molecule has 0 aliphatic rings. The number of aryl methyl sites for hydroxylation is 1.